The van der Waals surface area contributed by atoms with Gasteiger partial charge in [0.1, 0.15) is 0 Å². The molecule has 0 unspecified atom stereocenters. The minimum Gasteiger partial charge on any atom is -0.387 e. The van der Waals surface area contributed by atoms with Crippen LogP contribution in [0, 0.1) is 0 Å². The van der Waals surface area contributed by atoms with Crippen molar-refractivity contribution in [2.24, 2.45) is 0 Å². The van der Waals surface area contributed by atoms with E-state index in [-0.39, 0.29) is 5.91 Å². The predicted molar refractivity (Wildman–Crippen MR) is 99.9 cm³/mol. The highest BCUT2D eigenvalue weighted by atomic mass is 16.3. The van der Waals surface area contributed by atoms with Crippen LogP contribution in [0.5, 0.6) is 0 Å². The molecule has 0 saturated carbocycles. The van der Waals surface area contributed by atoms with Crippen LogP contribution in [0.25, 0.3) is 0 Å². The van der Waals surface area contributed by atoms with Gasteiger partial charge >= 0.3 is 0 Å². The Bertz CT molecular complexity index is 799. The van der Waals surface area contributed by atoms with Crippen LogP contribution in [-0.2, 0) is 24.3 Å². The molecule has 2 aliphatic heterocycles. The van der Waals surface area contributed by atoms with Crippen LogP contribution < -0.4 is 4.90 Å². The van der Waals surface area contributed by atoms with Crippen LogP contribution in [0.15, 0.2) is 30.3 Å². The van der Waals surface area contributed by atoms with Gasteiger partial charge in [-0.2, -0.15) is 5.10 Å². The van der Waals surface area contributed by atoms with Crippen molar-refractivity contribution in [3.63, 3.8) is 0 Å². The lowest BCUT2D eigenvalue weighted by Crippen LogP contribution is -2.39. The van der Waals surface area contributed by atoms with E-state index >= 15 is 0 Å². The standard InChI is InChI=1S/C20H26N4O2/c1-15(25)18-13-17-14-22(11-12-24(17)21-18)10-8-20(26)23-9-4-6-16-5-2-3-7-19(16)23/h2-3,5,7,13,15,25H,4,6,8-12,14H2,1H3/t15-/m0/s1. The summed E-state index contributed by atoms with van der Waals surface area (Å²) in [6, 6.07) is 10.2. The summed E-state index contributed by atoms with van der Waals surface area (Å²) in [5.41, 5.74) is 4.20. The summed E-state index contributed by atoms with van der Waals surface area (Å²) in [5, 5.41) is 14.1. The third kappa shape index (κ3) is 3.39. The van der Waals surface area contributed by atoms with Crippen LogP contribution in [-0.4, -0.2) is 45.3 Å². The number of benzene rings is 1. The Kier molecular flexibility index (Phi) is 4.78. The topological polar surface area (TPSA) is 61.6 Å². The Morgan fingerprint density at radius 2 is 2.12 bits per heavy atom. The highest BCUT2D eigenvalue weighted by Crippen LogP contribution is 2.27. The number of anilines is 1. The lowest BCUT2D eigenvalue weighted by Gasteiger charge is -2.31. The first kappa shape index (κ1) is 17.2. The lowest BCUT2D eigenvalue weighted by molar-refractivity contribution is -0.119. The van der Waals surface area contributed by atoms with Gasteiger partial charge in [-0.3, -0.25) is 14.4 Å². The van der Waals surface area contributed by atoms with Crippen molar-refractivity contribution in [1.29, 1.82) is 0 Å². The summed E-state index contributed by atoms with van der Waals surface area (Å²) >= 11 is 0. The fourth-order valence-electron chi connectivity index (χ4n) is 3.92. The van der Waals surface area contributed by atoms with Crippen LogP contribution in [0.2, 0.25) is 0 Å². The Morgan fingerprint density at radius 3 is 2.96 bits per heavy atom. The second kappa shape index (κ2) is 7.21. The van der Waals surface area contributed by atoms with Gasteiger partial charge in [0.15, 0.2) is 0 Å². The summed E-state index contributed by atoms with van der Waals surface area (Å²) in [7, 11) is 0. The van der Waals surface area contributed by atoms with Crippen LogP contribution >= 0.6 is 0 Å². The van der Waals surface area contributed by atoms with Gasteiger partial charge in [-0.15, -0.1) is 0 Å². The molecule has 4 rings (SSSR count). The van der Waals surface area contributed by atoms with Gasteiger partial charge < -0.3 is 10.0 Å². The van der Waals surface area contributed by atoms with Crippen molar-refractivity contribution in [3.8, 4) is 0 Å². The maximum Gasteiger partial charge on any atom is 0.228 e. The molecule has 0 bridgehead atoms. The molecule has 2 aliphatic rings. The number of aryl methyl sites for hydroxylation is 1. The number of nitrogens with zero attached hydrogens (tertiary/aromatic N) is 4. The fraction of sp³-hybridized carbons (Fsp3) is 0.500. The third-order valence-electron chi connectivity index (χ3n) is 5.38. The molecule has 3 heterocycles. The monoisotopic (exact) mass is 354 g/mol. The molecule has 1 N–H and O–H groups in total. The van der Waals surface area contributed by atoms with Gasteiger partial charge in [0.05, 0.1) is 24.0 Å². The highest BCUT2D eigenvalue weighted by molar-refractivity contribution is 5.94. The largest absolute Gasteiger partial charge is 0.387 e. The lowest BCUT2D eigenvalue weighted by atomic mass is 10.0. The number of aliphatic hydroxyl groups excluding tert-OH is 1. The van der Waals surface area contributed by atoms with Gasteiger partial charge in [-0.1, -0.05) is 18.2 Å². The number of aliphatic hydroxyl groups is 1. The summed E-state index contributed by atoms with van der Waals surface area (Å²) < 4.78 is 1.97. The summed E-state index contributed by atoms with van der Waals surface area (Å²) in [5.74, 6) is 0.209. The Hall–Kier alpha value is -2.18. The van der Waals surface area contributed by atoms with Gasteiger partial charge in [0.2, 0.25) is 5.91 Å². The second-order valence-corrected chi connectivity index (χ2v) is 7.26. The molecule has 0 aliphatic carbocycles. The highest BCUT2D eigenvalue weighted by Gasteiger charge is 2.24. The minimum atomic E-state index is -0.540. The normalized spacial score (nSPS) is 18.3. The second-order valence-electron chi connectivity index (χ2n) is 7.26. The summed E-state index contributed by atoms with van der Waals surface area (Å²) in [4.78, 5) is 17.1. The van der Waals surface area contributed by atoms with Crippen molar-refractivity contribution in [2.75, 3.05) is 24.5 Å². The van der Waals surface area contributed by atoms with Crippen LogP contribution in [0.1, 0.15) is 42.8 Å². The zero-order chi connectivity index (χ0) is 18.1. The molecule has 6 heteroatoms. The number of rotatable bonds is 4. The van der Waals surface area contributed by atoms with Crippen LogP contribution in [0.3, 0.4) is 0 Å². The molecule has 0 saturated heterocycles. The summed E-state index contributed by atoms with van der Waals surface area (Å²) in [6.45, 7) is 5.79. The number of carbonyl (C=O) groups is 1. The van der Waals surface area contributed by atoms with E-state index in [4.69, 9.17) is 0 Å². The molecule has 0 fully saturated rings. The molecule has 1 amide bonds. The average molecular weight is 354 g/mol. The van der Waals surface area contributed by atoms with Gasteiger partial charge in [-0.25, -0.2) is 0 Å². The van der Waals surface area contributed by atoms with E-state index in [0.717, 1.165) is 62.6 Å². The molecule has 6 nitrogen and oxygen atoms in total. The van der Waals surface area contributed by atoms with E-state index in [1.165, 1.54) is 5.56 Å². The Balaban J connectivity index is 1.37. The van der Waals surface area contributed by atoms with Crippen molar-refractivity contribution in [2.45, 2.75) is 45.4 Å². The van der Waals surface area contributed by atoms with Gasteiger partial charge in [0, 0.05) is 38.3 Å². The SMILES string of the molecule is C[C@H](O)c1cc2n(n1)CCN(CCC(=O)N1CCCc3ccccc31)C2. The molecule has 138 valence electrons. The smallest absolute Gasteiger partial charge is 0.228 e. The molecule has 2 aromatic rings. The van der Waals surface area contributed by atoms with E-state index in [9.17, 15) is 9.90 Å². The number of aromatic nitrogens is 2. The van der Waals surface area contributed by atoms with Crippen LogP contribution in [0.4, 0.5) is 5.69 Å². The van der Waals surface area contributed by atoms with E-state index in [2.05, 4.69) is 22.1 Å². The minimum absolute atomic E-state index is 0.209. The van der Waals surface area contributed by atoms with E-state index in [1.807, 2.05) is 27.8 Å². The van der Waals surface area contributed by atoms with Crippen molar-refractivity contribution in [3.05, 3.63) is 47.3 Å². The Morgan fingerprint density at radius 1 is 1.27 bits per heavy atom. The van der Waals surface area contributed by atoms with E-state index in [1.54, 1.807) is 6.92 Å². The molecular weight excluding hydrogens is 328 g/mol. The first-order chi connectivity index (χ1) is 12.6. The van der Waals surface area contributed by atoms with Crippen molar-refractivity contribution >= 4 is 11.6 Å². The molecule has 1 atom stereocenters. The molecule has 0 spiro atoms. The van der Waals surface area contributed by atoms with Gasteiger partial charge in [-0.05, 0) is 37.5 Å². The fourth-order valence-corrected chi connectivity index (χ4v) is 3.92. The number of carbonyl (C=O) groups excluding carboxylic acids is 1. The number of fused-ring (bicyclic) bond motifs is 2. The molecule has 1 aromatic carbocycles. The number of para-hydroxylation sites is 1. The molecule has 1 aromatic heterocycles. The first-order valence-electron chi connectivity index (χ1n) is 9.47. The third-order valence-corrected chi connectivity index (χ3v) is 5.38. The van der Waals surface area contributed by atoms with Crippen molar-refractivity contribution in [1.82, 2.24) is 14.7 Å². The van der Waals surface area contributed by atoms with E-state index < -0.39 is 6.10 Å². The maximum absolute atomic E-state index is 12.8. The van der Waals surface area contributed by atoms with E-state index in [0.29, 0.717) is 6.42 Å². The summed E-state index contributed by atoms with van der Waals surface area (Å²) in [6.07, 6.45) is 2.09. The molecule has 0 radical (unpaired) electrons. The number of hydrogen-bond donors (Lipinski definition) is 1. The first-order valence-corrected chi connectivity index (χ1v) is 9.47. The zero-order valence-corrected chi connectivity index (χ0v) is 15.3. The number of amides is 1. The molecular formula is C20H26N4O2. The predicted octanol–water partition coefficient (Wildman–Crippen LogP) is 2.12. The Labute approximate surface area is 154 Å². The zero-order valence-electron chi connectivity index (χ0n) is 15.3. The van der Waals surface area contributed by atoms with Gasteiger partial charge in [0.25, 0.3) is 0 Å². The van der Waals surface area contributed by atoms with Crippen molar-refractivity contribution < 1.29 is 9.90 Å². The number of hydrogen-bond acceptors (Lipinski definition) is 4. The average Bonchev–Trinajstić information content (AvgIpc) is 3.09. The quantitative estimate of drug-likeness (QED) is 0.914. The molecule has 26 heavy (non-hydrogen) atoms. The maximum atomic E-state index is 12.8.